The zero-order chi connectivity index (χ0) is 18.4. The summed E-state index contributed by atoms with van der Waals surface area (Å²) in [6, 6.07) is 2.27. The second-order valence-electron chi connectivity index (χ2n) is 9.04. The Morgan fingerprint density at radius 2 is 2.07 bits per heavy atom. The van der Waals surface area contributed by atoms with E-state index >= 15 is 0 Å². The summed E-state index contributed by atoms with van der Waals surface area (Å²) in [6.07, 6.45) is 11.8. The van der Waals surface area contributed by atoms with Crippen molar-refractivity contribution < 1.29 is 4.79 Å². The van der Waals surface area contributed by atoms with Crippen molar-refractivity contribution in [1.29, 1.82) is 0 Å². The van der Waals surface area contributed by atoms with Gasteiger partial charge >= 0.3 is 0 Å². The van der Waals surface area contributed by atoms with E-state index in [0.717, 1.165) is 42.9 Å². The third kappa shape index (κ3) is 3.19. The Hall–Kier alpha value is -2.11. The van der Waals surface area contributed by atoms with Gasteiger partial charge in [0.1, 0.15) is 17.8 Å². The van der Waals surface area contributed by atoms with Gasteiger partial charge in [-0.05, 0) is 44.6 Å². The van der Waals surface area contributed by atoms with Gasteiger partial charge in [-0.1, -0.05) is 12.8 Å². The van der Waals surface area contributed by atoms with Crippen LogP contribution in [0.15, 0.2) is 18.6 Å². The molecule has 2 saturated carbocycles. The number of hydrogen-bond donors (Lipinski definition) is 1. The van der Waals surface area contributed by atoms with Gasteiger partial charge in [-0.2, -0.15) is 0 Å². The highest BCUT2D eigenvalue weighted by atomic mass is 16.2. The molecule has 1 N–H and O–H groups in total. The Labute approximate surface area is 160 Å². The number of rotatable bonds is 3. The van der Waals surface area contributed by atoms with Crippen LogP contribution in [0.2, 0.25) is 0 Å². The highest BCUT2D eigenvalue weighted by Gasteiger charge is 2.49. The van der Waals surface area contributed by atoms with Crippen molar-refractivity contribution in [2.45, 2.75) is 57.9 Å². The van der Waals surface area contributed by atoms with Crippen LogP contribution < -0.4 is 4.90 Å². The van der Waals surface area contributed by atoms with E-state index in [2.05, 4.69) is 37.7 Å². The number of carbonyl (C=O) groups is 1. The quantitative estimate of drug-likeness (QED) is 0.903. The standard InChI is InChI=1S/C21H29N5O/c1-15-11-25(20-17-6-9-22-19(17)23-14-24-20)12-21(7-8-21)13-26(15)18(27)10-16-4-2-3-5-16/h6,9,14-16H,2-5,7-8,10-13H2,1H3,(H,22,23,24). The van der Waals surface area contributed by atoms with Crippen LogP contribution in [0, 0.1) is 11.3 Å². The number of aromatic amines is 1. The molecule has 3 heterocycles. The number of anilines is 1. The Kier molecular flexibility index (Phi) is 4.10. The molecule has 0 radical (unpaired) electrons. The van der Waals surface area contributed by atoms with Gasteiger partial charge in [0.15, 0.2) is 0 Å². The molecule has 5 rings (SSSR count). The second kappa shape index (κ2) is 6.50. The lowest BCUT2D eigenvalue weighted by Gasteiger charge is -2.30. The van der Waals surface area contributed by atoms with Crippen molar-refractivity contribution in [3.63, 3.8) is 0 Å². The monoisotopic (exact) mass is 367 g/mol. The Morgan fingerprint density at radius 1 is 1.26 bits per heavy atom. The van der Waals surface area contributed by atoms with Crippen molar-refractivity contribution in [3.8, 4) is 0 Å². The molecule has 1 saturated heterocycles. The minimum Gasteiger partial charge on any atom is -0.353 e. The molecule has 0 bridgehead atoms. The molecule has 0 aromatic carbocycles. The van der Waals surface area contributed by atoms with Crippen LogP contribution in [0.4, 0.5) is 5.82 Å². The first-order valence-corrected chi connectivity index (χ1v) is 10.5. The Morgan fingerprint density at radius 3 is 2.85 bits per heavy atom. The van der Waals surface area contributed by atoms with Crippen LogP contribution in [0.3, 0.4) is 0 Å². The minimum absolute atomic E-state index is 0.211. The number of nitrogens with one attached hydrogen (secondary N) is 1. The van der Waals surface area contributed by atoms with Gasteiger partial charge in [0, 0.05) is 43.7 Å². The lowest BCUT2D eigenvalue weighted by Crippen LogP contribution is -2.43. The lowest BCUT2D eigenvalue weighted by molar-refractivity contribution is -0.134. The number of aromatic nitrogens is 3. The first-order chi connectivity index (χ1) is 13.1. The molecule has 2 aliphatic carbocycles. The van der Waals surface area contributed by atoms with E-state index in [1.165, 1.54) is 38.5 Å². The highest BCUT2D eigenvalue weighted by Crippen LogP contribution is 2.49. The van der Waals surface area contributed by atoms with Gasteiger partial charge in [0.25, 0.3) is 0 Å². The summed E-state index contributed by atoms with van der Waals surface area (Å²) in [6.45, 7) is 4.95. The molecule has 3 aliphatic rings. The van der Waals surface area contributed by atoms with Crippen molar-refractivity contribution in [2.75, 3.05) is 24.5 Å². The van der Waals surface area contributed by atoms with Crippen LogP contribution in [-0.2, 0) is 4.79 Å². The molecular formula is C21H29N5O. The summed E-state index contributed by atoms with van der Waals surface area (Å²) in [7, 11) is 0. The van der Waals surface area contributed by atoms with Gasteiger partial charge < -0.3 is 14.8 Å². The maximum absolute atomic E-state index is 13.1. The zero-order valence-electron chi connectivity index (χ0n) is 16.2. The average Bonchev–Trinajstić information content (AvgIpc) is 3.06. The number of carbonyl (C=O) groups excluding carboxylic acids is 1. The van der Waals surface area contributed by atoms with E-state index in [1.54, 1.807) is 6.33 Å². The van der Waals surface area contributed by atoms with Gasteiger partial charge in [-0.15, -0.1) is 0 Å². The van der Waals surface area contributed by atoms with Crippen molar-refractivity contribution in [1.82, 2.24) is 19.9 Å². The van der Waals surface area contributed by atoms with E-state index in [-0.39, 0.29) is 11.5 Å². The minimum atomic E-state index is 0.211. The van der Waals surface area contributed by atoms with E-state index < -0.39 is 0 Å². The summed E-state index contributed by atoms with van der Waals surface area (Å²) in [5.41, 5.74) is 1.14. The number of hydrogen-bond acceptors (Lipinski definition) is 4. The maximum Gasteiger partial charge on any atom is 0.223 e. The van der Waals surface area contributed by atoms with E-state index in [9.17, 15) is 4.79 Å². The number of nitrogens with zero attached hydrogens (tertiary/aromatic N) is 4. The first-order valence-electron chi connectivity index (χ1n) is 10.5. The van der Waals surface area contributed by atoms with E-state index in [0.29, 0.717) is 11.8 Å². The van der Waals surface area contributed by atoms with E-state index in [1.807, 2.05) is 6.20 Å². The largest absolute Gasteiger partial charge is 0.353 e. The SMILES string of the molecule is CC1CN(c2ncnc3[nH]ccc23)CC2(CC2)CN1C(=O)CC1CCCC1. The third-order valence-corrected chi connectivity index (χ3v) is 6.90. The fourth-order valence-corrected chi connectivity index (χ4v) is 5.13. The number of fused-ring (bicyclic) bond motifs is 1. The van der Waals surface area contributed by atoms with Gasteiger partial charge in [-0.3, -0.25) is 4.79 Å². The van der Waals surface area contributed by atoms with Gasteiger partial charge in [-0.25, -0.2) is 9.97 Å². The molecule has 1 aliphatic heterocycles. The summed E-state index contributed by atoms with van der Waals surface area (Å²) < 4.78 is 0. The van der Waals surface area contributed by atoms with Crippen LogP contribution >= 0.6 is 0 Å². The molecule has 1 spiro atoms. The molecule has 2 aromatic heterocycles. The fourth-order valence-electron chi connectivity index (χ4n) is 5.13. The second-order valence-corrected chi connectivity index (χ2v) is 9.04. The molecule has 6 nitrogen and oxygen atoms in total. The molecule has 1 atom stereocenters. The summed E-state index contributed by atoms with van der Waals surface area (Å²) in [5, 5.41) is 1.08. The topological polar surface area (TPSA) is 65.1 Å². The molecule has 3 fully saturated rings. The van der Waals surface area contributed by atoms with Crippen molar-refractivity contribution in [3.05, 3.63) is 18.6 Å². The molecule has 1 unspecified atom stereocenters. The van der Waals surface area contributed by atoms with Crippen LogP contribution in [0.1, 0.15) is 51.9 Å². The fraction of sp³-hybridized carbons (Fsp3) is 0.667. The van der Waals surface area contributed by atoms with E-state index in [4.69, 9.17) is 0 Å². The summed E-state index contributed by atoms with van der Waals surface area (Å²) >= 11 is 0. The van der Waals surface area contributed by atoms with Gasteiger partial charge in [0.05, 0.1) is 5.39 Å². The van der Waals surface area contributed by atoms with Crippen molar-refractivity contribution in [2.24, 2.45) is 11.3 Å². The molecule has 1 amide bonds. The maximum atomic E-state index is 13.1. The predicted octanol–water partition coefficient (Wildman–Crippen LogP) is 3.36. The third-order valence-electron chi connectivity index (χ3n) is 6.90. The Balaban J connectivity index is 1.40. The zero-order valence-corrected chi connectivity index (χ0v) is 16.2. The molecular weight excluding hydrogens is 338 g/mol. The molecule has 27 heavy (non-hydrogen) atoms. The Bertz CT molecular complexity index is 836. The number of H-pyrrole nitrogens is 1. The molecule has 144 valence electrons. The summed E-state index contributed by atoms with van der Waals surface area (Å²) in [4.78, 5) is 29.9. The summed E-state index contributed by atoms with van der Waals surface area (Å²) in [5.74, 6) is 1.99. The highest BCUT2D eigenvalue weighted by molar-refractivity contribution is 5.87. The predicted molar refractivity (Wildman–Crippen MR) is 106 cm³/mol. The van der Waals surface area contributed by atoms with Crippen LogP contribution in [-0.4, -0.2) is 51.4 Å². The number of amides is 1. The normalized spacial score (nSPS) is 25.3. The smallest absolute Gasteiger partial charge is 0.223 e. The van der Waals surface area contributed by atoms with Gasteiger partial charge in [0.2, 0.25) is 5.91 Å². The van der Waals surface area contributed by atoms with Crippen LogP contribution in [0.25, 0.3) is 11.0 Å². The molecule has 6 heteroatoms. The first kappa shape index (κ1) is 17.0. The van der Waals surface area contributed by atoms with Crippen molar-refractivity contribution >= 4 is 22.8 Å². The lowest BCUT2D eigenvalue weighted by atomic mass is 10.0. The molecule has 2 aromatic rings. The van der Waals surface area contributed by atoms with Crippen LogP contribution in [0.5, 0.6) is 0 Å². The average molecular weight is 367 g/mol.